The molecule has 0 spiro atoms. The molecule has 0 bridgehead atoms. The van der Waals surface area contributed by atoms with Gasteiger partial charge in [0, 0.05) is 26.2 Å². The van der Waals surface area contributed by atoms with Crippen LogP contribution in [0.1, 0.15) is 24.8 Å². The molecule has 0 radical (unpaired) electrons. The summed E-state index contributed by atoms with van der Waals surface area (Å²) in [5.41, 5.74) is 0.324. The molecule has 1 unspecified atom stereocenters. The van der Waals surface area contributed by atoms with Gasteiger partial charge in [-0.15, -0.1) is 0 Å². The van der Waals surface area contributed by atoms with Crippen LogP contribution in [0.5, 0.6) is 5.75 Å². The van der Waals surface area contributed by atoms with Crippen molar-refractivity contribution in [2.24, 2.45) is 0 Å². The minimum absolute atomic E-state index is 0.0922. The Balaban J connectivity index is 1.68. The van der Waals surface area contributed by atoms with Crippen molar-refractivity contribution in [1.82, 2.24) is 14.4 Å². The SMILES string of the molecule is Cc1noc(C)c1S(=O)(=O)N1CCCN(C(=O)C(C)Oc2cccc(Cl)c2Cl)CC1. The normalized spacial score (nSPS) is 16.9. The quantitative estimate of drug-likeness (QED) is 0.658. The number of carbonyl (C=O) groups is 1. The number of sulfonamides is 1. The highest BCUT2D eigenvalue weighted by atomic mass is 35.5. The first-order valence-electron chi connectivity index (χ1n) is 9.45. The maximum Gasteiger partial charge on any atom is 0.263 e. The van der Waals surface area contributed by atoms with Crippen molar-refractivity contribution < 1.29 is 22.5 Å². The molecule has 3 rings (SSSR count). The van der Waals surface area contributed by atoms with E-state index in [4.69, 9.17) is 32.5 Å². The number of aromatic nitrogens is 1. The summed E-state index contributed by atoms with van der Waals surface area (Å²) in [6, 6.07) is 4.95. The molecule has 30 heavy (non-hydrogen) atoms. The smallest absolute Gasteiger partial charge is 0.263 e. The fourth-order valence-corrected chi connectivity index (χ4v) is 5.50. The molecule has 2 aromatic rings. The van der Waals surface area contributed by atoms with Crippen LogP contribution in [-0.4, -0.2) is 61.0 Å². The number of carbonyl (C=O) groups excluding carboxylic acids is 1. The van der Waals surface area contributed by atoms with Gasteiger partial charge in [-0.1, -0.05) is 34.4 Å². The van der Waals surface area contributed by atoms with Crippen LogP contribution < -0.4 is 4.74 Å². The molecule has 0 saturated carbocycles. The molecule has 1 aromatic carbocycles. The minimum Gasteiger partial charge on any atom is -0.479 e. The molecule has 1 atom stereocenters. The lowest BCUT2D eigenvalue weighted by Crippen LogP contribution is -2.43. The van der Waals surface area contributed by atoms with Gasteiger partial charge in [-0.25, -0.2) is 8.42 Å². The second-order valence-corrected chi connectivity index (χ2v) is 9.71. The molecule has 2 heterocycles. The molecular formula is C19H23Cl2N3O5S. The van der Waals surface area contributed by atoms with Gasteiger partial charge in [-0.05, 0) is 39.3 Å². The largest absolute Gasteiger partial charge is 0.479 e. The number of hydrogen-bond acceptors (Lipinski definition) is 6. The van der Waals surface area contributed by atoms with Gasteiger partial charge in [-0.2, -0.15) is 4.31 Å². The first kappa shape index (κ1) is 22.9. The number of rotatable bonds is 5. The zero-order chi connectivity index (χ0) is 22.1. The van der Waals surface area contributed by atoms with Crippen LogP contribution in [0.2, 0.25) is 10.0 Å². The molecule has 1 aliphatic rings. The Morgan fingerprint density at radius 3 is 2.60 bits per heavy atom. The van der Waals surface area contributed by atoms with Gasteiger partial charge in [-0.3, -0.25) is 4.79 Å². The summed E-state index contributed by atoms with van der Waals surface area (Å²) < 4.78 is 38.2. The zero-order valence-corrected chi connectivity index (χ0v) is 19.2. The van der Waals surface area contributed by atoms with E-state index in [0.29, 0.717) is 36.0 Å². The van der Waals surface area contributed by atoms with E-state index < -0.39 is 16.1 Å². The second kappa shape index (κ2) is 9.13. The number of benzene rings is 1. The van der Waals surface area contributed by atoms with Crippen LogP contribution in [-0.2, 0) is 14.8 Å². The summed E-state index contributed by atoms with van der Waals surface area (Å²) in [5, 5.41) is 4.32. The summed E-state index contributed by atoms with van der Waals surface area (Å²) in [5.74, 6) is 0.329. The van der Waals surface area contributed by atoms with Crippen molar-refractivity contribution in [3.8, 4) is 5.75 Å². The second-order valence-electron chi connectivity index (χ2n) is 7.05. The lowest BCUT2D eigenvalue weighted by Gasteiger charge is -2.25. The predicted octanol–water partition coefficient (Wildman–Crippen LogP) is 3.29. The molecule has 0 aliphatic carbocycles. The Morgan fingerprint density at radius 2 is 1.93 bits per heavy atom. The van der Waals surface area contributed by atoms with E-state index in [-0.39, 0.29) is 34.7 Å². The van der Waals surface area contributed by atoms with Gasteiger partial charge < -0.3 is 14.2 Å². The van der Waals surface area contributed by atoms with Crippen molar-refractivity contribution in [3.63, 3.8) is 0 Å². The maximum atomic E-state index is 13.0. The number of nitrogens with zero attached hydrogens (tertiary/aromatic N) is 3. The summed E-state index contributed by atoms with van der Waals surface area (Å²) >= 11 is 12.1. The molecule has 8 nitrogen and oxygen atoms in total. The highest BCUT2D eigenvalue weighted by Gasteiger charge is 2.33. The average Bonchev–Trinajstić information content (AvgIpc) is 2.90. The summed E-state index contributed by atoms with van der Waals surface area (Å²) in [7, 11) is -3.76. The third-order valence-corrected chi connectivity index (χ3v) is 7.85. The first-order valence-corrected chi connectivity index (χ1v) is 11.6. The fraction of sp³-hybridized carbons (Fsp3) is 0.474. The lowest BCUT2D eigenvalue weighted by molar-refractivity contribution is -0.137. The van der Waals surface area contributed by atoms with E-state index in [1.165, 1.54) is 4.31 Å². The van der Waals surface area contributed by atoms with Crippen LogP contribution in [0.25, 0.3) is 0 Å². The van der Waals surface area contributed by atoms with Gasteiger partial charge >= 0.3 is 0 Å². The minimum atomic E-state index is -3.76. The monoisotopic (exact) mass is 475 g/mol. The molecule has 164 valence electrons. The number of hydrogen-bond donors (Lipinski definition) is 0. The molecule has 1 aromatic heterocycles. The third-order valence-electron chi connectivity index (χ3n) is 4.90. The van der Waals surface area contributed by atoms with Crippen molar-refractivity contribution >= 4 is 39.1 Å². The summed E-state index contributed by atoms with van der Waals surface area (Å²) in [6.07, 6.45) is -0.300. The molecule has 1 saturated heterocycles. The third kappa shape index (κ3) is 4.59. The van der Waals surface area contributed by atoms with Gasteiger partial charge in [0.05, 0.1) is 5.02 Å². The highest BCUT2D eigenvalue weighted by Crippen LogP contribution is 2.32. The van der Waals surface area contributed by atoms with Crippen molar-refractivity contribution in [1.29, 1.82) is 0 Å². The molecular weight excluding hydrogens is 453 g/mol. The zero-order valence-electron chi connectivity index (χ0n) is 16.9. The Bertz CT molecular complexity index is 1020. The number of amides is 1. The maximum absolute atomic E-state index is 13.0. The van der Waals surface area contributed by atoms with Crippen LogP contribution in [0.15, 0.2) is 27.6 Å². The van der Waals surface area contributed by atoms with Crippen LogP contribution >= 0.6 is 23.2 Å². The molecule has 1 amide bonds. The van der Waals surface area contributed by atoms with E-state index in [1.807, 2.05) is 0 Å². The average molecular weight is 476 g/mol. The van der Waals surface area contributed by atoms with E-state index in [2.05, 4.69) is 5.16 Å². The van der Waals surface area contributed by atoms with Crippen LogP contribution in [0, 0.1) is 13.8 Å². The van der Waals surface area contributed by atoms with Crippen molar-refractivity contribution in [3.05, 3.63) is 39.7 Å². The van der Waals surface area contributed by atoms with Gasteiger partial charge in [0.15, 0.2) is 11.9 Å². The van der Waals surface area contributed by atoms with E-state index in [9.17, 15) is 13.2 Å². The summed E-state index contributed by atoms with van der Waals surface area (Å²) in [4.78, 5) is 14.6. The van der Waals surface area contributed by atoms with Crippen molar-refractivity contribution in [2.75, 3.05) is 26.2 Å². The Kier molecular flexibility index (Phi) is 6.96. The van der Waals surface area contributed by atoms with E-state index >= 15 is 0 Å². The Morgan fingerprint density at radius 1 is 1.20 bits per heavy atom. The first-order chi connectivity index (χ1) is 14.1. The van der Waals surface area contributed by atoms with Crippen LogP contribution in [0.4, 0.5) is 0 Å². The highest BCUT2D eigenvalue weighted by molar-refractivity contribution is 7.89. The van der Waals surface area contributed by atoms with E-state index in [1.54, 1.807) is 43.9 Å². The summed E-state index contributed by atoms with van der Waals surface area (Å²) in [6.45, 7) is 5.93. The number of halogens is 2. The Hall–Kier alpha value is -1.81. The topological polar surface area (TPSA) is 93.0 Å². The molecule has 0 N–H and O–H groups in total. The Labute approximate surface area is 185 Å². The molecule has 1 fully saturated rings. The number of ether oxygens (including phenoxy) is 1. The van der Waals surface area contributed by atoms with Gasteiger partial charge in [0.25, 0.3) is 5.91 Å². The fourth-order valence-electron chi connectivity index (χ4n) is 3.40. The van der Waals surface area contributed by atoms with Gasteiger partial charge in [0.1, 0.15) is 21.4 Å². The van der Waals surface area contributed by atoms with Crippen LogP contribution in [0.3, 0.4) is 0 Å². The number of aryl methyl sites for hydroxylation is 2. The van der Waals surface area contributed by atoms with Gasteiger partial charge in [0.2, 0.25) is 10.0 Å². The lowest BCUT2D eigenvalue weighted by atomic mass is 10.3. The molecule has 11 heteroatoms. The van der Waals surface area contributed by atoms with Crippen molar-refractivity contribution in [2.45, 2.75) is 38.2 Å². The standard InChI is InChI=1S/C19H23Cl2N3O5S/c1-12-18(13(2)29-22-12)30(26,27)24-9-5-8-23(10-11-24)19(25)14(3)28-16-7-4-6-15(20)17(16)21/h4,6-7,14H,5,8-11H2,1-3H3. The van der Waals surface area contributed by atoms with E-state index in [0.717, 1.165) is 0 Å². The molecule has 1 aliphatic heterocycles. The predicted molar refractivity (Wildman–Crippen MR) is 112 cm³/mol.